The molecular formula is C14H11FN2O5S. The molecule has 0 aliphatic carbocycles. The summed E-state index contributed by atoms with van der Waals surface area (Å²) in [6.07, 6.45) is 0. The van der Waals surface area contributed by atoms with Crippen molar-refractivity contribution in [1.82, 2.24) is 0 Å². The summed E-state index contributed by atoms with van der Waals surface area (Å²) in [5.74, 6) is -0.700. The molecule has 3 rings (SSSR count). The van der Waals surface area contributed by atoms with Crippen LogP contribution in [0.3, 0.4) is 0 Å². The fraction of sp³-hybridized carbons (Fsp3) is 0.0714. The number of carbonyl (C=O) groups is 1. The first-order valence-electron chi connectivity index (χ1n) is 6.38. The summed E-state index contributed by atoms with van der Waals surface area (Å²) < 4.78 is 46.7. The quantitative estimate of drug-likeness (QED) is 0.881. The van der Waals surface area contributed by atoms with Gasteiger partial charge in [0.05, 0.1) is 10.5 Å². The van der Waals surface area contributed by atoms with E-state index >= 15 is 0 Å². The maximum atomic E-state index is 13.8. The van der Waals surface area contributed by atoms with Crippen LogP contribution in [0.4, 0.5) is 10.1 Å². The van der Waals surface area contributed by atoms with E-state index in [1.807, 2.05) is 0 Å². The Balaban J connectivity index is 1.89. The number of rotatable bonds is 3. The number of carbonyl (C=O) groups excluding carboxylic acids is 1. The van der Waals surface area contributed by atoms with Crippen LogP contribution in [0, 0.1) is 5.82 Å². The minimum absolute atomic E-state index is 0.0811. The predicted molar refractivity (Wildman–Crippen MR) is 78.3 cm³/mol. The highest BCUT2D eigenvalue weighted by Crippen LogP contribution is 2.34. The number of halogens is 1. The molecule has 1 aliphatic rings. The lowest BCUT2D eigenvalue weighted by atomic mass is 10.2. The molecule has 2 aromatic rings. The Kier molecular flexibility index (Phi) is 3.66. The molecule has 0 spiro atoms. The molecule has 0 fully saturated rings. The Bertz CT molecular complexity index is 898. The summed E-state index contributed by atoms with van der Waals surface area (Å²) in [4.78, 5) is 11.8. The van der Waals surface area contributed by atoms with E-state index in [1.165, 1.54) is 6.07 Å². The Hall–Kier alpha value is -2.65. The zero-order chi connectivity index (χ0) is 16.6. The van der Waals surface area contributed by atoms with Crippen LogP contribution in [-0.4, -0.2) is 21.1 Å². The first kappa shape index (κ1) is 15.3. The third-order valence-corrected chi connectivity index (χ3v) is 4.05. The van der Waals surface area contributed by atoms with E-state index in [4.69, 9.17) is 14.6 Å². The van der Waals surface area contributed by atoms with Gasteiger partial charge in [-0.05, 0) is 30.3 Å². The highest BCUT2D eigenvalue weighted by atomic mass is 32.2. The lowest BCUT2D eigenvalue weighted by Crippen LogP contribution is -2.17. The standard InChI is InChI=1S/C14H11FN2O5S/c15-11-3-2-9(23(16,19)20)6-10(11)14(18)17-8-1-4-12-13(5-8)22-7-21-12/h1-6H,7H2,(H,17,18)(H2,16,19,20). The summed E-state index contributed by atoms with van der Waals surface area (Å²) in [6, 6.07) is 7.40. The predicted octanol–water partition coefficient (Wildman–Crippen LogP) is 1.45. The third-order valence-electron chi connectivity index (χ3n) is 3.14. The van der Waals surface area contributed by atoms with Crippen molar-refractivity contribution in [2.45, 2.75) is 4.90 Å². The highest BCUT2D eigenvalue weighted by molar-refractivity contribution is 7.89. The topological polar surface area (TPSA) is 108 Å². The number of hydrogen-bond donors (Lipinski definition) is 2. The normalized spacial score (nSPS) is 13.0. The summed E-state index contributed by atoms with van der Waals surface area (Å²) in [7, 11) is -4.04. The second-order valence-corrected chi connectivity index (χ2v) is 6.27. The summed E-state index contributed by atoms with van der Waals surface area (Å²) >= 11 is 0. The number of amides is 1. The van der Waals surface area contributed by atoms with Crippen molar-refractivity contribution in [1.29, 1.82) is 0 Å². The fourth-order valence-electron chi connectivity index (χ4n) is 2.03. The van der Waals surface area contributed by atoms with Gasteiger partial charge in [-0.2, -0.15) is 0 Å². The minimum Gasteiger partial charge on any atom is -0.454 e. The lowest BCUT2D eigenvalue weighted by molar-refractivity contribution is 0.102. The maximum absolute atomic E-state index is 13.8. The molecule has 0 saturated carbocycles. The lowest BCUT2D eigenvalue weighted by Gasteiger charge is -2.08. The van der Waals surface area contributed by atoms with Gasteiger partial charge in [0, 0.05) is 11.8 Å². The number of benzene rings is 2. The zero-order valence-corrected chi connectivity index (χ0v) is 12.4. The van der Waals surface area contributed by atoms with E-state index in [1.54, 1.807) is 12.1 Å². The van der Waals surface area contributed by atoms with Crippen LogP contribution < -0.4 is 19.9 Å². The third kappa shape index (κ3) is 3.10. The van der Waals surface area contributed by atoms with Gasteiger partial charge in [-0.3, -0.25) is 4.79 Å². The van der Waals surface area contributed by atoms with Crippen LogP contribution in [0.5, 0.6) is 11.5 Å². The van der Waals surface area contributed by atoms with Crippen LogP contribution in [-0.2, 0) is 10.0 Å². The molecule has 23 heavy (non-hydrogen) atoms. The van der Waals surface area contributed by atoms with Crippen molar-refractivity contribution >= 4 is 21.6 Å². The number of nitrogens with two attached hydrogens (primary N) is 1. The van der Waals surface area contributed by atoms with Crippen molar-refractivity contribution in [3.05, 3.63) is 47.8 Å². The van der Waals surface area contributed by atoms with Crippen LogP contribution >= 0.6 is 0 Å². The number of nitrogens with one attached hydrogen (secondary N) is 1. The number of hydrogen-bond acceptors (Lipinski definition) is 5. The van der Waals surface area contributed by atoms with Crippen molar-refractivity contribution in [2.75, 3.05) is 12.1 Å². The van der Waals surface area contributed by atoms with E-state index in [0.717, 1.165) is 18.2 Å². The van der Waals surface area contributed by atoms with Gasteiger partial charge < -0.3 is 14.8 Å². The van der Waals surface area contributed by atoms with Crippen LogP contribution in [0.1, 0.15) is 10.4 Å². The molecule has 0 bridgehead atoms. The smallest absolute Gasteiger partial charge is 0.258 e. The van der Waals surface area contributed by atoms with Crippen LogP contribution in [0.25, 0.3) is 0 Å². The summed E-state index contributed by atoms with van der Waals surface area (Å²) in [5.41, 5.74) is -0.0890. The fourth-order valence-corrected chi connectivity index (χ4v) is 2.57. The van der Waals surface area contributed by atoms with Gasteiger partial charge in [0.1, 0.15) is 5.82 Å². The van der Waals surface area contributed by atoms with E-state index in [9.17, 15) is 17.6 Å². The first-order valence-corrected chi connectivity index (χ1v) is 7.92. The molecule has 2 aromatic carbocycles. The Morgan fingerprint density at radius 3 is 2.61 bits per heavy atom. The highest BCUT2D eigenvalue weighted by Gasteiger charge is 2.18. The van der Waals surface area contributed by atoms with Crippen molar-refractivity contribution < 1.29 is 27.1 Å². The molecule has 0 radical (unpaired) electrons. The van der Waals surface area contributed by atoms with Crippen molar-refractivity contribution in [3.8, 4) is 11.5 Å². The van der Waals surface area contributed by atoms with Crippen molar-refractivity contribution in [3.63, 3.8) is 0 Å². The molecular weight excluding hydrogens is 327 g/mol. The number of sulfonamides is 1. The molecule has 1 heterocycles. The molecule has 0 aromatic heterocycles. The van der Waals surface area contributed by atoms with E-state index in [2.05, 4.69) is 5.32 Å². The molecule has 3 N–H and O–H groups in total. The first-order chi connectivity index (χ1) is 10.8. The number of primary sulfonamides is 1. The van der Waals surface area contributed by atoms with Crippen molar-refractivity contribution in [2.24, 2.45) is 5.14 Å². The van der Waals surface area contributed by atoms with Crippen LogP contribution in [0.15, 0.2) is 41.3 Å². The molecule has 0 saturated heterocycles. The number of anilines is 1. The average Bonchev–Trinajstić information content (AvgIpc) is 2.93. The van der Waals surface area contributed by atoms with Gasteiger partial charge in [-0.25, -0.2) is 17.9 Å². The SMILES string of the molecule is NS(=O)(=O)c1ccc(F)c(C(=O)Nc2ccc3c(c2)OCO3)c1. The zero-order valence-electron chi connectivity index (χ0n) is 11.6. The Morgan fingerprint density at radius 2 is 1.87 bits per heavy atom. The monoisotopic (exact) mass is 338 g/mol. The largest absolute Gasteiger partial charge is 0.454 e. The summed E-state index contributed by atoms with van der Waals surface area (Å²) in [6.45, 7) is 0.0811. The molecule has 7 nitrogen and oxygen atoms in total. The minimum atomic E-state index is -4.04. The average molecular weight is 338 g/mol. The Labute approximate surface area is 130 Å². The second kappa shape index (κ2) is 5.52. The van der Waals surface area contributed by atoms with Gasteiger partial charge in [0.25, 0.3) is 5.91 Å². The van der Waals surface area contributed by atoms with Gasteiger partial charge in [-0.1, -0.05) is 0 Å². The Morgan fingerprint density at radius 1 is 1.13 bits per heavy atom. The van der Waals surface area contributed by atoms with Crippen LogP contribution in [0.2, 0.25) is 0 Å². The van der Waals surface area contributed by atoms with Gasteiger partial charge in [0.2, 0.25) is 16.8 Å². The molecule has 1 aliphatic heterocycles. The van der Waals surface area contributed by atoms with Gasteiger partial charge in [0.15, 0.2) is 11.5 Å². The second-order valence-electron chi connectivity index (χ2n) is 4.71. The molecule has 9 heteroatoms. The van der Waals surface area contributed by atoms with E-state index in [-0.39, 0.29) is 11.7 Å². The number of ether oxygens (including phenoxy) is 2. The maximum Gasteiger partial charge on any atom is 0.258 e. The van der Waals surface area contributed by atoms with E-state index < -0.39 is 27.3 Å². The molecule has 0 atom stereocenters. The molecule has 1 amide bonds. The molecule has 0 unspecified atom stereocenters. The van der Waals surface area contributed by atoms with Gasteiger partial charge in [-0.15, -0.1) is 0 Å². The molecule has 120 valence electrons. The van der Waals surface area contributed by atoms with E-state index in [0.29, 0.717) is 17.2 Å². The van der Waals surface area contributed by atoms with Gasteiger partial charge >= 0.3 is 0 Å². The number of fused-ring (bicyclic) bond motifs is 1. The summed E-state index contributed by atoms with van der Waals surface area (Å²) in [5, 5.41) is 7.43.